The fraction of sp³-hybridized carbons (Fsp3) is 0.250. The molecule has 0 atom stereocenters. The Kier molecular flexibility index (Phi) is 2.40. The molecule has 1 heterocycles. The molecule has 0 N–H and O–H groups in total. The summed E-state index contributed by atoms with van der Waals surface area (Å²) in [6.07, 6.45) is 3.62. The molecule has 0 saturated heterocycles. The highest BCUT2D eigenvalue weighted by Crippen LogP contribution is 1.97. The second-order valence-corrected chi connectivity index (χ2v) is 2.38. The van der Waals surface area contributed by atoms with Gasteiger partial charge in [-0.25, -0.2) is 0 Å². The average Bonchev–Trinajstić information content (AvgIpc) is 1.88. The summed E-state index contributed by atoms with van der Waals surface area (Å²) in [7, 11) is 5.68. The van der Waals surface area contributed by atoms with Crippen LogP contribution in [0.3, 0.4) is 0 Å². The summed E-state index contributed by atoms with van der Waals surface area (Å²) in [5, 5.41) is 0. The zero-order valence-electron chi connectivity index (χ0n) is 6.12. The molecular weight excluding hydrogens is 124 g/mol. The van der Waals surface area contributed by atoms with Crippen LogP contribution in [0.5, 0.6) is 0 Å². The lowest BCUT2D eigenvalue weighted by Gasteiger charge is -2.16. The van der Waals surface area contributed by atoms with Crippen molar-refractivity contribution in [3.8, 4) is 0 Å². The Hall–Kier alpha value is -0.890. The van der Waals surface area contributed by atoms with Gasteiger partial charge in [-0.1, -0.05) is 6.07 Å². The van der Waals surface area contributed by atoms with Crippen LogP contribution in [-0.4, -0.2) is 16.9 Å². The highest BCUT2D eigenvalue weighted by Gasteiger charge is 1.87. The van der Waals surface area contributed by atoms with E-state index in [0.717, 1.165) is 6.54 Å². The number of pyridine rings is 1. The van der Waals surface area contributed by atoms with E-state index in [2.05, 4.69) is 12.0 Å². The summed E-state index contributed by atoms with van der Waals surface area (Å²) >= 11 is 0. The van der Waals surface area contributed by atoms with Crippen LogP contribution in [-0.2, 0) is 6.54 Å². The van der Waals surface area contributed by atoms with E-state index in [9.17, 15) is 0 Å². The molecule has 0 saturated carbocycles. The van der Waals surface area contributed by atoms with Crippen LogP contribution < -0.4 is 0 Å². The van der Waals surface area contributed by atoms with E-state index < -0.39 is 0 Å². The van der Waals surface area contributed by atoms with Gasteiger partial charge in [-0.2, -0.15) is 0 Å². The molecule has 0 aliphatic rings. The molecule has 0 spiro atoms. The first kappa shape index (κ1) is 7.22. The predicted octanol–water partition coefficient (Wildman–Crippen LogP) is 1.30. The Labute approximate surface area is 61.5 Å². The standard InChI is InChI=1S/C8H11N2/c1-10(2)7-8-4-3-5-9-6-8/h3-6H,1,7H2,2H3/q-1. The maximum absolute atomic E-state index is 3.98. The molecular formula is C8H11N2-. The van der Waals surface area contributed by atoms with Gasteiger partial charge in [-0.3, -0.25) is 12.0 Å². The molecule has 0 unspecified atom stereocenters. The molecule has 1 aromatic heterocycles. The van der Waals surface area contributed by atoms with Crippen molar-refractivity contribution in [2.75, 3.05) is 7.05 Å². The van der Waals surface area contributed by atoms with Crippen LogP contribution in [0.25, 0.3) is 0 Å². The van der Waals surface area contributed by atoms with Crippen molar-refractivity contribution in [3.05, 3.63) is 37.1 Å². The smallest absolute Gasteiger partial charge is 0.0311 e. The summed E-state index contributed by atoms with van der Waals surface area (Å²) in [5.74, 6) is 0. The van der Waals surface area contributed by atoms with Crippen molar-refractivity contribution in [2.24, 2.45) is 0 Å². The van der Waals surface area contributed by atoms with Crippen molar-refractivity contribution < 1.29 is 0 Å². The summed E-state index contributed by atoms with van der Waals surface area (Å²) in [5.41, 5.74) is 1.19. The first-order chi connectivity index (χ1) is 4.79. The highest BCUT2D eigenvalue weighted by molar-refractivity contribution is 5.07. The molecule has 0 fully saturated rings. The van der Waals surface area contributed by atoms with Crippen molar-refractivity contribution in [3.63, 3.8) is 0 Å². The van der Waals surface area contributed by atoms with Crippen LogP contribution in [0, 0.1) is 7.05 Å². The second-order valence-electron chi connectivity index (χ2n) is 2.38. The zero-order valence-corrected chi connectivity index (χ0v) is 6.12. The molecule has 0 aromatic carbocycles. The summed E-state index contributed by atoms with van der Waals surface area (Å²) in [6, 6.07) is 3.97. The van der Waals surface area contributed by atoms with E-state index in [1.165, 1.54) is 5.56 Å². The molecule has 10 heavy (non-hydrogen) atoms. The van der Waals surface area contributed by atoms with E-state index in [-0.39, 0.29) is 0 Å². The lowest BCUT2D eigenvalue weighted by Crippen LogP contribution is -2.07. The van der Waals surface area contributed by atoms with Crippen molar-refractivity contribution in [2.45, 2.75) is 6.54 Å². The monoisotopic (exact) mass is 135 g/mol. The maximum Gasteiger partial charge on any atom is 0.0311 e. The Balaban J connectivity index is 2.59. The third-order valence-corrected chi connectivity index (χ3v) is 1.18. The lowest BCUT2D eigenvalue weighted by molar-refractivity contribution is 0.444. The van der Waals surface area contributed by atoms with Gasteiger partial charge < -0.3 is 4.90 Å². The van der Waals surface area contributed by atoms with Gasteiger partial charge in [-0.05, 0) is 25.2 Å². The van der Waals surface area contributed by atoms with E-state index in [1.54, 1.807) is 6.20 Å². The Morgan fingerprint density at radius 3 is 3.00 bits per heavy atom. The van der Waals surface area contributed by atoms with Gasteiger partial charge in [0.2, 0.25) is 0 Å². The molecule has 0 aliphatic carbocycles. The first-order valence-corrected chi connectivity index (χ1v) is 3.19. The van der Waals surface area contributed by atoms with Crippen LogP contribution in [0.1, 0.15) is 5.56 Å². The predicted molar refractivity (Wildman–Crippen MR) is 41.1 cm³/mol. The second kappa shape index (κ2) is 3.32. The third kappa shape index (κ3) is 2.15. The van der Waals surface area contributed by atoms with Crippen LogP contribution in [0.15, 0.2) is 24.5 Å². The van der Waals surface area contributed by atoms with Gasteiger partial charge in [0, 0.05) is 12.4 Å². The molecule has 0 radical (unpaired) electrons. The SMILES string of the molecule is [CH2-]N(C)Cc1cccnc1. The zero-order chi connectivity index (χ0) is 7.40. The molecule has 2 heteroatoms. The van der Waals surface area contributed by atoms with E-state index in [4.69, 9.17) is 0 Å². The fourth-order valence-corrected chi connectivity index (χ4v) is 0.803. The fourth-order valence-electron chi connectivity index (χ4n) is 0.803. The van der Waals surface area contributed by atoms with Gasteiger partial charge in [0.05, 0.1) is 0 Å². The molecule has 1 aromatic rings. The largest absolute Gasteiger partial charge is 0.458 e. The van der Waals surface area contributed by atoms with Crippen molar-refractivity contribution in [1.29, 1.82) is 0 Å². The number of hydrogen-bond acceptors (Lipinski definition) is 2. The average molecular weight is 135 g/mol. The molecule has 0 aliphatic heterocycles. The first-order valence-electron chi connectivity index (χ1n) is 3.19. The summed E-state index contributed by atoms with van der Waals surface area (Å²) in [4.78, 5) is 5.86. The van der Waals surface area contributed by atoms with Crippen LogP contribution >= 0.6 is 0 Å². The van der Waals surface area contributed by atoms with E-state index in [1.807, 2.05) is 30.3 Å². The number of nitrogens with zero attached hydrogens (tertiary/aromatic N) is 2. The van der Waals surface area contributed by atoms with Gasteiger partial charge in [0.1, 0.15) is 0 Å². The minimum Gasteiger partial charge on any atom is -0.458 e. The van der Waals surface area contributed by atoms with E-state index >= 15 is 0 Å². The van der Waals surface area contributed by atoms with Crippen LogP contribution in [0.2, 0.25) is 0 Å². The normalized spacial score (nSPS) is 10.3. The van der Waals surface area contributed by atoms with Crippen molar-refractivity contribution >= 4 is 0 Å². The number of rotatable bonds is 2. The summed E-state index contributed by atoms with van der Waals surface area (Å²) < 4.78 is 0. The highest BCUT2D eigenvalue weighted by atomic mass is 15.0. The third-order valence-electron chi connectivity index (χ3n) is 1.18. The lowest BCUT2D eigenvalue weighted by atomic mass is 10.3. The molecule has 54 valence electrons. The van der Waals surface area contributed by atoms with Gasteiger partial charge in [0.25, 0.3) is 0 Å². The van der Waals surface area contributed by atoms with Crippen LogP contribution in [0.4, 0.5) is 0 Å². The molecule has 0 bridgehead atoms. The van der Waals surface area contributed by atoms with E-state index in [0.29, 0.717) is 0 Å². The number of hydrogen-bond donors (Lipinski definition) is 0. The Morgan fingerprint density at radius 1 is 1.70 bits per heavy atom. The summed E-state index contributed by atoms with van der Waals surface area (Å²) in [6.45, 7) is 0.855. The Bertz CT molecular complexity index is 182. The number of aromatic nitrogens is 1. The minimum absolute atomic E-state index is 0.855. The minimum atomic E-state index is 0.855. The van der Waals surface area contributed by atoms with Crippen molar-refractivity contribution in [1.82, 2.24) is 9.88 Å². The molecule has 0 amide bonds. The molecule has 1 rings (SSSR count). The van der Waals surface area contributed by atoms with Gasteiger partial charge in [0.15, 0.2) is 0 Å². The van der Waals surface area contributed by atoms with Gasteiger partial charge >= 0.3 is 0 Å². The maximum atomic E-state index is 3.98. The quantitative estimate of drug-likeness (QED) is 0.568. The Morgan fingerprint density at radius 2 is 2.50 bits per heavy atom. The van der Waals surface area contributed by atoms with Gasteiger partial charge in [-0.15, -0.1) is 0 Å². The topological polar surface area (TPSA) is 16.1 Å². The molecule has 2 nitrogen and oxygen atoms in total.